The van der Waals surface area contributed by atoms with Crippen LogP contribution < -0.4 is 5.32 Å². The first kappa shape index (κ1) is 17.3. The molecule has 0 unspecified atom stereocenters. The van der Waals surface area contributed by atoms with Gasteiger partial charge in [0.2, 0.25) is 0 Å². The minimum atomic E-state index is 0.486. The van der Waals surface area contributed by atoms with E-state index in [1.807, 2.05) is 0 Å². The van der Waals surface area contributed by atoms with Crippen LogP contribution in [0.3, 0.4) is 0 Å². The Morgan fingerprint density at radius 3 is 2.45 bits per heavy atom. The molecule has 0 aliphatic heterocycles. The van der Waals surface area contributed by atoms with Gasteiger partial charge in [-0.3, -0.25) is 0 Å². The number of halogens is 1. The molecule has 0 amide bonds. The number of hydrogen-bond acceptors (Lipinski definition) is 5. The molecule has 114 valence electrons. The maximum absolute atomic E-state index is 5.21. The smallest absolute Gasteiger partial charge is 0.144 e. The predicted molar refractivity (Wildman–Crippen MR) is 86.1 cm³/mol. The Balaban J connectivity index is 2.89. The zero-order chi connectivity index (χ0) is 15.0. The lowest BCUT2D eigenvalue weighted by atomic mass is 10.3. The molecule has 0 aromatic carbocycles. The molecule has 0 atom stereocenters. The fraction of sp³-hybridized carbons (Fsp3) is 0.714. The van der Waals surface area contributed by atoms with E-state index in [4.69, 9.17) is 4.74 Å². The quantitative estimate of drug-likeness (QED) is 0.746. The highest BCUT2D eigenvalue weighted by atomic mass is 79.9. The number of hydrogen-bond donors (Lipinski definition) is 1. The first-order valence-corrected chi connectivity index (χ1v) is 7.95. The van der Waals surface area contributed by atoms with Crippen LogP contribution in [0.15, 0.2) is 4.47 Å². The van der Waals surface area contributed by atoms with Gasteiger partial charge in [0, 0.05) is 26.6 Å². The molecule has 0 radical (unpaired) electrons. The molecule has 20 heavy (non-hydrogen) atoms. The molecule has 0 bridgehead atoms. The average molecular weight is 345 g/mol. The molecule has 0 saturated heterocycles. The van der Waals surface area contributed by atoms with Crippen molar-refractivity contribution in [1.29, 1.82) is 0 Å². The van der Waals surface area contributed by atoms with Gasteiger partial charge in [0.15, 0.2) is 0 Å². The van der Waals surface area contributed by atoms with Crippen molar-refractivity contribution >= 4 is 21.7 Å². The van der Waals surface area contributed by atoms with Crippen molar-refractivity contribution in [2.24, 2.45) is 0 Å². The van der Waals surface area contributed by atoms with E-state index in [-0.39, 0.29) is 0 Å². The Morgan fingerprint density at radius 2 is 1.90 bits per heavy atom. The van der Waals surface area contributed by atoms with Crippen LogP contribution in [0.1, 0.15) is 32.3 Å². The number of aromatic nitrogens is 2. The lowest BCUT2D eigenvalue weighted by molar-refractivity contribution is 0.180. The van der Waals surface area contributed by atoms with Crippen molar-refractivity contribution in [3.05, 3.63) is 16.0 Å². The summed E-state index contributed by atoms with van der Waals surface area (Å²) < 4.78 is 6.10. The van der Waals surface area contributed by atoms with Crippen molar-refractivity contribution < 1.29 is 4.74 Å². The number of ether oxygens (including phenoxy) is 1. The Kier molecular flexibility index (Phi) is 8.02. The van der Waals surface area contributed by atoms with Gasteiger partial charge in [0.1, 0.15) is 11.6 Å². The number of nitrogens with zero attached hydrogens (tertiary/aromatic N) is 3. The second kappa shape index (κ2) is 9.26. The molecule has 0 aliphatic carbocycles. The molecule has 0 saturated carbocycles. The van der Waals surface area contributed by atoms with Crippen LogP contribution in [0, 0.1) is 0 Å². The van der Waals surface area contributed by atoms with Crippen molar-refractivity contribution in [2.75, 3.05) is 38.6 Å². The van der Waals surface area contributed by atoms with Gasteiger partial charge in [-0.2, -0.15) is 0 Å². The van der Waals surface area contributed by atoms with Gasteiger partial charge in [0.25, 0.3) is 0 Å². The van der Waals surface area contributed by atoms with E-state index in [0.29, 0.717) is 6.61 Å². The van der Waals surface area contributed by atoms with Crippen LogP contribution in [-0.4, -0.2) is 48.2 Å². The van der Waals surface area contributed by atoms with E-state index < -0.39 is 0 Å². The number of rotatable bonds is 9. The minimum Gasteiger partial charge on any atom is -0.378 e. The third kappa shape index (κ3) is 5.00. The van der Waals surface area contributed by atoms with Gasteiger partial charge < -0.3 is 15.0 Å². The Hall–Kier alpha value is -0.720. The summed E-state index contributed by atoms with van der Waals surface area (Å²) in [5, 5.41) is 3.26. The summed E-state index contributed by atoms with van der Waals surface area (Å²) in [6, 6.07) is 0. The zero-order valence-corrected chi connectivity index (χ0v) is 14.5. The van der Waals surface area contributed by atoms with E-state index >= 15 is 0 Å². The van der Waals surface area contributed by atoms with Gasteiger partial charge in [-0.25, -0.2) is 9.97 Å². The highest BCUT2D eigenvalue weighted by molar-refractivity contribution is 9.10. The summed E-state index contributed by atoms with van der Waals surface area (Å²) in [4.78, 5) is 11.6. The standard InChI is InChI=1S/C14H25BrN4O/c1-5-16-14-13(15)11(10-20-4)17-12(18-14)8-9-19(6-2)7-3/h5-10H2,1-4H3,(H,16,17,18). The highest BCUT2D eigenvalue weighted by Crippen LogP contribution is 2.24. The summed E-state index contributed by atoms with van der Waals surface area (Å²) in [5.74, 6) is 1.71. The van der Waals surface area contributed by atoms with Crippen molar-refractivity contribution in [1.82, 2.24) is 14.9 Å². The molecule has 0 fully saturated rings. The second-order valence-electron chi connectivity index (χ2n) is 4.49. The van der Waals surface area contributed by atoms with Crippen LogP contribution in [0.4, 0.5) is 5.82 Å². The molecular formula is C14H25BrN4O. The predicted octanol–water partition coefficient (Wildman–Crippen LogP) is 2.70. The normalized spacial score (nSPS) is 11.1. The molecule has 0 spiro atoms. The Morgan fingerprint density at radius 1 is 1.20 bits per heavy atom. The molecular weight excluding hydrogens is 320 g/mol. The van der Waals surface area contributed by atoms with Crippen molar-refractivity contribution in [3.63, 3.8) is 0 Å². The van der Waals surface area contributed by atoms with E-state index in [1.54, 1.807) is 7.11 Å². The number of anilines is 1. The molecule has 1 N–H and O–H groups in total. The summed E-state index contributed by atoms with van der Waals surface area (Å²) in [7, 11) is 1.68. The highest BCUT2D eigenvalue weighted by Gasteiger charge is 2.12. The molecule has 1 heterocycles. The lowest BCUT2D eigenvalue weighted by Crippen LogP contribution is -2.26. The molecule has 6 heteroatoms. The minimum absolute atomic E-state index is 0.486. The zero-order valence-electron chi connectivity index (χ0n) is 12.9. The third-order valence-electron chi connectivity index (χ3n) is 3.14. The molecule has 1 aromatic heterocycles. The van der Waals surface area contributed by atoms with Crippen LogP contribution >= 0.6 is 15.9 Å². The SMILES string of the molecule is CCNc1nc(CCN(CC)CC)nc(COC)c1Br. The van der Waals surface area contributed by atoms with E-state index in [2.05, 4.69) is 56.9 Å². The first-order chi connectivity index (χ1) is 9.65. The van der Waals surface area contributed by atoms with Crippen LogP contribution in [0.2, 0.25) is 0 Å². The van der Waals surface area contributed by atoms with Gasteiger partial charge >= 0.3 is 0 Å². The van der Waals surface area contributed by atoms with E-state index in [9.17, 15) is 0 Å². The number of nitrogens with one attached hydrogen (secondary N) is 1. The van der Waals surface area contributed by atoms with Gasteiger partial charge in [-0.1, -0.05) is 13.8 Å². The maximum atomic E-state index is 5.21. The van der Waals surface area contributed by atoms with Crippen LogP contribution in [0.5, 0.6) is 0 Å². The fourth-order valence-electron chi connectivity index (χ4n) is 1.97. The topological polar surface area (TPSA) is 50.3 Å². The molecule has 5 nitrogen and oxygen atoms in total. The van der Waals surface area contributed by atoms with Crippen LogP contribution in [0.25, 0.3) is 0 Å². The maximum Gasteiger partial charge on any atom is 0.144 e. The van der Waals surface area contributed by atoms with Crippen molar-refractivity contribution in [3.8, 4) is 0 Å². The average Bonchev–Trinajstić information content (AvgIpc) is 2.45. The summed E-state index contributed by atoms with van der Waals surface area (Å²) in [6.45, 7) is 10.8. The largest absolute Gasteiger partial charge is 0.378 e. The second-order valence-corrected chi connectivity index (χ2v) is 5.28. The number of likely N-dealkylation sites (N-methyl/N-ethyl adjacent to an activating group) is 1. The van der Waals surface area contributed by atoms with Crippen LogP contribution in [-0.2, 0) is 17.8 Å². The van der Waals surface area contributed by atoms with Crippen molar-refractivity contribution in [2.45, 2.75) is 33.8 Å². The number of methoxy groups -OCH3 is 1. The van der Waals surface area contributed by atoms with Gasteiger partial charge in [0.05, 0.1) is 16.8 Å². The molecule has 1 rings (SSSR count). The van der Waals surface area contributed by atoms with Gasteiger partial charge in [-0.05, 0) is 35.9 Å². The van der Waals surface area contributed by atoms with E-state index in [1.165, 1.54) is 0 Å². The molecule has 1 aromatic rings. The summed E-state index contributed by atoms with van der Waals surface area (Å²) >= 11 is 3.55. The third-order valence-corrected chi connectivity index (χ3v) is 3.97. The summed E-state index contributed by atoms with van der Waals surface area (Å²) in [6.07, 6.45) is 0.851. The first-order valence-electron chi connectivity index (χ1n) is 7.16. The fourth-order valence-corrected chi connectivity index (χ4v) is 2.40. The Bertz CT molecular complexity index is 383. The van der Waals surface area contributed by atoms with E-state index in [0.717, 1.165) is 54.4 Å². The monoisotopic (exact) mass is 344 g/mol. The Labute approximate surface area is 130 Å². The van der Waals surface area contributed by atoms with Gasteiger partial charge in [-0.15, -0.1) is 0 Å². The molecule has 0 aliphatic rings. The summed E-state index contributed by atoms with van der Waals surface area (Å²) in [5.41, 5.74) is 0.896. The lowest BCUT2D eigenvalue weighted by Gasteiger charge is -2.18.